The summed E-state index contributed by atoms with van der Waals surface area (Å²) in [6.07, 6.45) is 48.7. The number of allylic oxidation sites excluding steroid dienone is 4. The molecule has 0 amide bonds. The van der Waals surface area contributed by atoms with Crippen LogP contribution in [0.4, 0.5) is 0 Å². The predicted molar refractivity (Wildman–Crippen MR) is 233 cm³/mol. The Morgan fingerprint density at radius 3 is 0.927 bits per heavy atom. The maximum absolute atomic E-state index is 12.7. The fraction of sp³-hybridized carbons (Fsp3) is 0.857. The van der Waals surface area contributed by atoms with Crippen molar-refractivity contribution < 1.29 is 28.6 Å². The Morgan fingerprint density at radius 2 is 0.600 bits per heavy atom. The van der Waals surface area contributed by atoms with Crippen LogP contribution < -0.4 is 0 Å². The van der Waals surface area contributed by atoms with Crippen LogP contribution in [0.25, 0.3) is 0 Å². The van der Waals surface area contributed by atoms with E-state index in [1.165, 1.54) is 141 Å². The van der Waals surface area contributed by atoms with Gasteiger partial charge in [0.25, 0.3) is 0 Å². The highest BCUT2D eigenvalue weighted by molar-refractivity contribution is 5.71. The van der Waals surface area contributed by atoms with Gasteiger partial charge in [-0.2, -0.15) is 0 Å². The second kappa shape index (κ2) is 44.6. The van der Waals surface area contributed by atoms with E-state index in [9.17, 15) is 14.4 Å². The number of rotatable bonds is 43. The third-order valence-corrected chi connectivity index (χ3v) is 10.4. The monoisotopic (exact) mass is 775 g/mol. The van der Waals surface area contributed by atoms with Crippen LogP contribution >= 0.6 is 0 Å². The van der Waals surface area contributed by atoms with Gasteiger partial charge in [-0.15, -0.1) is 0 Å². The minimum atomic E-state index is -0.772. The molecule has 0 aromatic rings. The van der Waals surface area contributed by atoms with Crippen molar-refractivity contribution in [1.82, 2.24) is 0 Å². The number of carbonyl (C=O) groups excluding carboxylic acids is 3. The van der Waals surface area contributed by atoms with E-state index in [-0.39, 0.29) is 31.1 Å². The highest BCUT2D eigenvalue weighted by Crippen LogP contribution is 2.14. The zero-order chi connectivity index (χ0) is 40.1. The summed E-state index contributed by atoms with van der Waals surface area (Å²) in [7, 11) is 0. The van der Waals surface area contributed by atoms with E-state index in [2.05, 4.69) is 45.1 Å². The molecular weight excluding hydrogens is 685 g/mol. The van der Waals surface area contributed by atoms with Crippen LogP contribution in [0.1, 0.15) is 252 Å². The van der Waals surface area contributed by atoms with Gasteiger partial charge >= 0.3 is 17.9 Å². The average Bonchev–Trinajstić information content (AvgIpc) is 3.18. The highest BCUT2D eigenvalue weighted by atomic mass is 16.6. The Labute approximate surface area is 341 Å². The SMILES string of the molecule is CCCCCC/C=C\CCCCCCCC(=O)OC(COC(=O)CCCCCCC/C=C\CCCCCCC)COC(=O)CCCCCCCCCCCC. The van der Waals surface area contributed by atoms with E-state index in [0.29, 0.717) is 19.3 Å². The summed E-state index contributed by atoms with van der Waals surface area (Å²) in [5, 5.41) is 0. The Hall–Kier alpha value is -2.11. The molecule has 0 aliphatic heterocycles. The molecule has 0 spiro atoms. The van der Waals surface area contributed by atoms with Gasteiger partial charge < -0.3 is 14.2 Å². The van der Waals surface area contributed by atoms with Crippen molar-refractivity contribution in [3.05, 3.63) is 24.3 Å². The van der Waals surface area contributed by atoms with Crippen molar-refractivity contribution in [3.8, 4) is 0 Å². The normalized spacial score (nSPS) is 12.1. The number of carbonyl (C=O) groups is 3. The van der Waals surface area contributed by atoms with E-state index >= 15 is 0 Å². The smallest absolute Gasteiger partial charge is 0.306 e. The first-order valence-corrected chi connectivity index (χ1v) is 23.8. The van der Waals surface area contributed by atoms with Crippen molar-refractivity contribution in [2.24, 2.45) is 0 Å². The van der Waals surface area contributed by atoms with Crippen molar-refractivity contribution in [3.63, 3.8) is 0 Å². The Morgan fingerprint density at radius 1 is 0.345 bits per heavy atom. The second-order valence-corrected chi connectivity index (χ2v) is 16.0. The molecule has 0 aromatic carbocycles. The van der Waals surface area contributed by atoms with Gasteiger partial charge in [-0.1, -0.05) is 186 Å². The molecule has 0 aromatic heterocycles. The molecule has 0 saturated carbocycles. The lowest BCUT2D eigenvalue weighted by Crippen LogP contribution is -2.30. The van der Waals surface area contributed by atoms with Crippen LogP contribution in [0.3, 0.4) is 0 Å². The van der Waals surface area contributed by atoms with Crippen molar-refractivity contribution in [2.45, 2.75) is 258 Å². The lowest BCUT2D eigenvalue weighted by atomic mass is 10.1. The first-order chi connectivity index (χ1) is 27.0. The summed E-state index contributed by atoms with van der Waals surface area (Å²) in [4.78, 5) is 37.7. The fourth-order valence-electron chi connectivity index (χ4n) is 6.78. The fourth-order valence-corrected chi connectivity index (χ4v) is 6.78. The number of unbranched alkanes of at least 4 members (excludes halogenated alkanes) is 28. The summed E-state index contributed by atoms with van der Waals surface area (Å²) >= 11 is 0. The predicted octanol–water partition coefficient (Wildman–Crippen LogP) is 15.2. The van der Waals surface area contributed by atoms with E-state index in [0.717, 1.165) is 70.6 Å². The molecule has 0 heterocycles. The van der Waals surface area contributed by atoms with E-state index < -0.39 is 6.10 Å². The highest BCUT2D eigenvalue weighted by Gasteiger charge is 2.19. The Balaban J connectivity index is 4.37. The van der Waals surface area contributed by atoms with Gasteiger partial charge in [0.05, 0.1) is 0 Å². The zero-order valence-corrected chi connectivity index (χ0v) is 36.7. The van der Waals surface area contributed by atoms with E-state index in [4.69, 9.17) is 14.2 Å². The first-order valence-electron chi connectivity index (χ1n) is 23.8. The van der Waals surface area contributed by atoms with Gasteiger partial charge in [0.2, 0.25) is 0 Å². The number of esters is 3. The summed E-state index contributed by atoms with van der Waals surface area (Å²) in [5.74, 6) is -0.887. The third-order valence-electron chi connectivity index (χ3n) is 10.4. The number of ether oxygens (including phenoxy) is 3. The molecule has 0 aliphatic rings. The van der Waals surface area contributed by atoms with Crippen LogP contribution in [-0.2, 0) is 28.6 Å². The molecule has 0 rings (SSSR count). The van der Waals surface area contributed by atoms with Gasteiger partial charge in [0.15, 0.2) is 6.10 Å². The molecule has 0 saturated heterocycles. The molecule has 0 N–H and O–H groups in total. The quantitative estimate of drug-likeness (QED) is 0.0266. The molecule has 322 valence electrons. The van der Waals surface area contributed by atoms with E-state index in [1.807, 2.05) is 0 Å². The van der Waals surface area contributed by atoms with Gasteiger partial charge in [-0.3, -0.25) is 14.4 Å². The average molecular weight is 775 g/mol. The summed E-state index contributed by atoms with van der Waals surface area (Å²) in [6.45, 7) is 6.59. The first kappa shape index (κ1) is 52.9. The van der Waals surface area contributed by atoms with Crippen LogP contribution in [-0.4, -0.2) is 37.2 Å². The van der Waals surface area contributed by atoms with Gasteiger partial charge in [-0.25, -0.2) is 0 Å². The van der Waals surface area contributed by atoms with Crippen LogP contribution in [0.5, 0.6) is 0 Å². The largest absolute Gasteiger partial charge is 0.462 e. The second-order valence-electron chi connectivity index (χ2n) is 16.0. The summed E-state index contributed by atoms with van der Waals surface area (Å²) < 4.78 is 16.7. The molecular formula is C49H90O6. The molecule has 0 radical (unpaired) electrons. The molecule has 1 unspecified atom stereocenters. The summed E-state index contributed by atoms with van der Waals surface area (Å²) in [5.41, 5.74) is 0. The molecule has 6 nitrogen and oxygen atoms in total. The molecule has 0 fully saturated rings. The van der Waals surface area contributed by atoms with Gasteiger partial charge in [0.1, 0.15) is 13.2 Å². The summed E-state index contributed by atoms with van der Waals surface area (Å²) in [6, 6.07) is 0. The molecule has 1 atom stereocenters. The maximum atomic E-state index is 12.7. The number of hydrogen-bond acceptors (Lipinski definition) is 6. The van der Waals surface area contributed by atoms with Gasteiger partial charge in [0, 0.05) is 19.3 Å². The Bertz CT molecular complexity index is 896. The standard InChI is InChI=1S/C49H90O6/c1-4-7-10-13-16-19-22-24-26-27-30-33-36-39-42-48(51)54-45-46(44-53-47(50)41-38-35-32-29-21-18-15-12-9-6-3)55-49(52)43-40-37-34-31-28-25-23-20-17-14-11-8-5-2/h20,22-24,46H,4-19,21,25-45H2,1-3H3/b23-20-,24-22-. The minimum Gasteiger partial charge on any atom is -0.462 e. The van der Waals surface area contributed by atoms with E-state index in [1.54, 1.807) is 0 Å². The van der Waals surface area contributed by atoms with Crippen molar-refractivity contribution in [1.29, 1.82) is 0 Å². The van der Waals surface area contributed by atoms with Gasteiger partial charge in [-0.05, 0) is 70.6 Å². The zero-order valence-electron chi connectivity index (χ0n) is 36.7. The minimum absolute atomic E-state index is 0.0744. The molecule has 0 aliphatic carbocycles. The topological polar surface area (TPSA) is 78.9 Å². The maximum Gasteiger partial charge on any atom is 0.306 e. The Kier molecular flexibility index (Phi) is 42.9. The molecule has 0 bridgehead atoms. The lowest BCUT2D eigenvalue weighted by Gasteiger charge is -2.18. The van der Waals surface area contributed by atoms with Crippen LogP contribution in [0.15, 0.2) is 24.3 Å². The molecule has 6 heteroatoms. The van der Waals surface area contributed by atoms with Crippen LogP contribution in [0.2, 0.25) is 0 Å². The number of hydrogen-bond donors (Lipinski definition) is 0. The van der Waals surface area contributed by atoms with Crippen LogP contribution in [0, 0.1) is 0 Å². The third kappa shape index (κ3) is 42.9. The molecule has 55 heavy (non-hydrogen) atoms. The van der Waals surface area contributed by atoms with Crippen molar-refractivity contribution >= 4 is 17.9 Å². The van der Waals surface area contributed by atoms with Crippen molar-refractivity contribution in [2.75, 3.05) is 13.2 Å². The lowest BCUT2D eigenvalue weighted by molar-refractivity contribution is -0.167.